The maximum absolute atomic E-state index is 12.7. The number of amides is 2. The van der Waals surface area contributed by atoms with Gasteiger partial charge in [0.05, 0.1) is 18.8 Å². The van der Waals surface area contributed by atoms with Crippen LogP contribution >= 0.6 is 23.1 Å². The number of hydrogen-bond donors (Lipinski definition) is 1. The average molecular weight is 401 g/mol. The van der Waals surface area contributed by atoms with E-state index in [-0.39, 0.29) is 30.9 Å². The standard InChI is InChI=1S/C17H24N2O5S2/c1-5-23-15(20)12-11(4)13(16(21)24-6-2)26-14(12)18-17(22)19-7-8-25-9-10(19)3/h10H,5-9H2,1-4H3,(H,18,22)/t10-/m0/s1. The monoisotopic (exact) mass is 400 g/mol. The predicted molar refractivity (Wildman–Crippen MR) is 103 cm³/mol. The highest BCUT2D eigenvalue weighted by molar-refractivity contribution is 7.99. The molecule has 2 amide bonds. The van der Waals surface area contributed by atoms with Gasteiger partial charge in [-0.15, -0.1) is 11.3 Å². The molecule has 1 aromatic rings. The smallest absolute Gasteiger partial charge is 0.348 e. The quantitative estimate of drug-likeness (QED) is 0.763. The topological polar surface area (TPSA) is 84.9 Å². The van der Waals surface area contributed by atoms with Gasteiger partial charge >= 0.3 is 18.0 Å². The van der Waals surface area contributed by atoms with Gasteiger partial charge in [-0.2, -0.15) is 11.8 Å². The Labute approximate surface area is 161 Å². The minimum atomic E-state index is -0.561. The van der Waals surface area contributed by atoms with Gasteiger partial charge in [-0.1, -0.05) is 0 Å². The summed E-state index contributed by atoms with van der Waals surface area (Å²) in [6.07, 6.45) is 0. The molecule has 1 N–H and O–H groups in total. The maximum Gasteiger partial charge on any atom is 0.348 e. The zero-order valence-electron chi connectivity index (χ0n) is 15.4. The molecule has 2 heterocycles. The molecule has 26 heavy (non-hydrogen) atoms. The Morgan fingerprint density at radius 3 is 2.46 bits per heavy atom. The lowest BCUT2D eigenvalue weighted by molar-refractivity contribution is 0.0527. The summed E-state index contributed by atoms with van der Waals surface area (Å²) in [5.74, 6) is 0.675. The van der Waals surface area contributed by atoms with Crippen molar-refractivity contribution in [1.29, 1.82) is 0 Å². The highest BCUT2D eigenvalue weighted by Gasteiger charge is 2.30. The number of nitrogens with zero attached hydrogens (tertiary/aromatic N) is 1. The van der Waals surface area contributed by atoms with E-state index in [0.29, 0.717) is 22.0 Å². The Morgan fingerprint density at radius 1 is 1.19 bits per heavy atom. The predicted octanol–water partition coefficient (Wildman–Crippen LogP) is 3.38. The second kappa shape index (κ2) is 9.27. The summed E-state index contributed by atoms with van der Waals surface area (Å²) in [4.78, 5) is 39.2. The number of carbonyl (C=O) groups is 3. The molecule has 144 valence electrons. The molecular formula is C17H24N2O5S2. The van der Waals surface area contributed by atoms with E-state index < -0.39 is 11.9 Å². The van der Waals surface area contributed by atoms with Gasteiger partial charge in [-0.25, -0.2) is 14.4 Å². The van der Waals surface area contributed by atoms with Crippen LogP contribution in [-0.2, 0) is 9.47 Å². The third-order valence-electron chi connectivity index (χ3n) is 3.94. The molecule has 0 bridgehead atoms. The van der Waals surface area contributed by atoms with Crippen molar-refractivity contribution in [3.8, 4) is 0 Å². The fraction of sp³-hybridized carbons (Fsp3) is 0.588. The number of urea groups is 1. The van der Waals surface area contributed by atoms with E-state index in [0.717, 1.165) is 22.8 Å². The second-order valence-corrected chi connectivity index (χ2v) is 7.92. The lowest BCUT2D eigenvalue weighted by Crippen LogP contribution is -2.46. The maximum atomic E-state index is 12.7. The molecule has 1 aromatic heterocycles. The number of ether oxygens (including phenoxy) is 2. The Balaban J connectivity index is 2.32. The van der Waals surface area contributed by atoms with Crippen LogP contribution in [0.1, 0.15) is 46.4 Å². The summed E-state index contributed by atoms with van der Waals surface area (Å²) in [6, 6.07) is -0.176. The van der Waals surface area contributed by atoms with E-state index >= 15 is 0 Å². The van der Waals surface area contributed by atoms with Crippen molar-refractivity contribution in [2.24, 2.45) is 0 Å². The molecule has 1 fully saturated rings. The molecule has 0 saturated carbocycles. The van der Waals surface area contributed by atoms with Gasteiger partial charge in [0, 0.05) is 24.1 Å². The number of hydrogen-bond acceptors (Lipinski definition) is 7. The molecule has 0 aliphatic carbocycles. The molecule has 1 aliphatic heterocycles. The van der Waals surface area contributed by atoms with Crippen LogP contribution in [-0.4, -0.2) is 60.2 Å². The highest BCUT2D eigenvalue weighted by atomic mass is 32.2. The molecule has 0 aromatic carbocycles. The zero-order valence-corrected chi connectivity index (χ0v) is 17.1. The van der Waals surface area contributed by atoms with Crippen molar-refractivity contribution in [3.05, 3.63) is 16.0 Å². The number of thioether (sulfide) groups is 1. The van der Waals surface area contributed by atoms with Gasteiger partial charge in [-0.05, 0) is 33.3 Å². The highest BCUT2D eigenvalue weighted by Crippen LogP contribution is 2.34. The Bertz CT molecular complexity index is 689. The normalized spacial score (nSPS) is 16.9. The summed E-state index contributed by atoms with van der Waals surface area (Å²) in [7, 11) is 0. The minimum absolute atomic E-state index is 0.102. The van der Waals surface area contributed by atoms with Gasteiger partial charge in [0.25, 0.3) is 0 Å². The SMILES string of the molecule is CCOC(=O)c1sc(NC(=O)N2CCSC[C@@H]2C)c(C(=O)OCC)c1C. The Hall–Kier alpha value is -1.74. The third kappa shape index (κ3) is 4.50. The molecule has 1 atom stereocenters. The summed E-state index contributed by atoms with van der Waals surface area (Å²) in [6.45, 7) is 8.14. The van der Waals surface area contributed by atoms with Crippen molar-refractivity contribution < 1.29 is 23.9 Å². The van der Waals surface area contributed by atoms with Gasteiger partial charge in [0.15, 0.2) is 0 Å². The fourth-order valence-corrected chi connectivity index (χ4v) is 4.73. The van der Waals surface area contributed by atoms with Crippen molar-refractivity contribution in [1.82, 2.24) is 4.90 Å². The van der Waals surface area contributed by atoms with Gasteiger partial charge in [-0.3, -0.25) is 5.32 Å². The van der Waals surface area contributed by atoms with Gasteiger partial charge in [0.1, 0.15) is 9.88 Å². The first-order valence-electron chi connectivity index (χ1n) is 8.53. The number of nitrogens with one attached hydrogen (secondary N) is 1. The van der Waals surface area contributed by atoms with Crippen molar-refractivity contribution in [2.45, 2.75) is 33.7 Å². The van der Waals surface area contributed by atoms with Gasteiger partial charge < -0.3 is 14.4 Å². The molecule has 0 spiro atoms. The van der Waals surface area contributed by atoms with Crippen LogP contribution in [0.2, 0.25) is 0 Å². The average Bonchev–Trinajstić information content (AvgIpc) is 2.92. The lowest BCUT2D eigenvalue weighted by Gasteiger charge is -2.32. The first-order valence-corrected chi connectivity index (χ1v) is 10.5. The van der Waals surface area contributed by atoms with E-state index in [9.17, 15) is 14.4 Å². The fourth-order valence-electron chi connectivity index (χ4n) is 2.64. The number of rotatable bonds is 5. The van der Waals surface area contributed by atoms with E-state index in [1.165, 1.54) is 0 Å². The zero-order chi connectivity index (χ0) is 19.3. The minimum Gasteiger partial charge on any atom is -0.462 e. The van der Waals surface area contributed by atoms with Crippen LogP contribution in [0.4, 0.5) is 9.80 Å². The second-order valence-electron chi connectivity index (χ2n) is 5.75. The van der Waals surface area contributed by atoms with E-state index in [4.69, 9.17) is 9.47 Å². The number of carbonyl (C=O) groups excluding carboxylic acids is 3. The van der Waals surface area contributed by atoms with Crippen LogP contribution in [0.25, 0.3) is 0 Å². The third-order valence-corrected chi connectivity index (χ3v) is 6.31. The Kier molecular flexibility index (Phi) is 7.33. The van der Waals surface area contributed by atoms with E-state index in [1.54, 1.807) is 37.4 Å². The Morgan fingerprint density at radius 2 is 1.85 bits per heavy atom. The molecular weight excluding hydrogens is 376 g/mol. The lowest BCUT2D eigenvalue weighted by atomic mass is 10.1. The first kappa shape index (κ1) is 20.6. The molecule has 7 nitrogen and oxygen atoms in total. The van der Waals surface area contributed by atoms with Crippen molar-refractivity contribution >= 4 is 46.1 Å². The van der Waals surface area contributed by atoms with Crippen molar-refractivity contribution in [2.75, 3.05) is 36.6 Å². The van der Waals surface area contributed by atoms with Crippen LogP contribution in [0, 0.1) is 6.92 Å². The van der Waals surface area contributed by atoms with Crippen LogP contribution in [0.15, 0.2) is 0 Å². The summed E-state index contributed by atoms with van der Waals surface area (Å²) < 4.78 is 10.1. The molecule has 2 rings (SSSR count). The summed E-state index contributed by atoms with van der Waals surface area (Å²) in [5, 5.41) is 3.11. The molecule has 0 radical (unpaired) electrons. The summed E-state index contributed by atoms with van der Waals surface area (Å²) >= 11 is 2.85. The first-order chi connectivity index (χ1) is 12.4. The molecule has 9 heteroatoms. The van der Waals surface area contributed by atoms with Crippen LogP contribution in [0.3, 0.4) is 0 Å². The molecule has 1 saturated heterocycles. The van der Waals surface area contributed by atoms with Crippen LogP contribution < -0.4 is 5.32 Å². The number of thiophene rings is 1. The van der Waals surface area contributed by atoms with E-state index in [1.807, 2.05) is 6.92 Å². The largest absolute Gasteiger partial charge is 0.462 e. The number of anilines is 1. The summed E-state index contributed by atoms with van der Waals surface area (Å²) in [5.41, 5.74) is 0.678. The number of esters is 2. The van der Waals surface area contributed by atoms with Crippen LogP contribution in [0.5, 0.6) is 0 Å². The van der Waals surface area contributed by atoms with Crippen molar-refractivity contribution in [3.63, 3.8) is 0 Å². The molecule has 1 aliphatic rings. The van der Waals surface area contributed by atoms with E-state index in [2.05, 4.69) is 5.32 Å². The van der Waals surface area contributed by atoms with Gasteiger partial charge in [0.2, 0.25) is 0 Å². The molecule has 0 unspecified atom stereocenters.